The second-order valence-corrected chi connectivity index (χ2v) is 3.57. The number of nitrogens with zero attached hydrogens (tertiary/aromatic N) is 1. The van der Waals surface area contributed by atoms with Crippen molar-refractivity contribution in [2.75, 3.05) is 0 Å². The number of hydrogen-bond acceptors (Lipinski definition) is 2. The minimum absolute atomic E-state index is 0.255. The third-order valence-electron chi connectivity index (χ3n) is 2.61. The zero-order chi connectivity index (χ0) is 7.68. The lowest BCUT2D eigenvalue weighted by molar-refractivity contribution is 0.0356. The van der Waals surface area contributed by atoms with E-state index >= 15 is 0 Å². The highest BCUT2D eigenvalue weighted by Crippen LogP contribution is 2.40. The summed E-state index contributed by atoms with van der Waals surface area (Å²) in [5.74, 6) is 0.846. The maximum atomic E-state index is 8.44. The molecular formula is C9H13NO. The fourth-order valence-electron chi connectivity index (χ4n) is 1.80. The molecule has 0 aromatic heterocycles. The highest BCUT2D eigenvalue weighted by atomic mass is 16.5. The SMILES string of the molecule is N#CCC1CCC(C2CC2)O1. The molecule has 1 heterocycles. The van der Waals surface area contributed by atoms with Crippen molar-refractivity contribution in [2.24, 2.45) is 5.92 Å². The van der Waals surface area contributed by atoms with Crippen LogP contribution in [0.5, 0.6) is 0 Å². The first-order valence-corrected chi connectivity index (χ1v) is 4.42. The van der Waals surface area contributed by atoms with Crippen LogP contribution in [0.2, 0.25) is 0 Å². The van der Waals surface area contributed by atoms with E-state index in [2.05, 4.69) is 6.07 Å². The van der Waals surface area contributed by atoms with E-state index in [4.69, 9.17) is 10.00 Å². The summed E-state index contributed by atoms with van der Waals surface area (Å²) in [5.41, 5.74) is 0. The number of hydrogen-bond donors (Lipinski definition) is 0. The maximum absolute atomic E-state index is 8.44. The van der Waals surface area contributed by atoms with Crippen molar-refractivity contribution in [1.29, 1.82) is 5.26 Å². The lowest BCUT2D eigenvalue weighted by Gasteiger charge is -2.09. The van der Waals surface area contributed by atoms with Gasteiger partial charge >= 0.3 is 0 Å². The second-order valence-electron chi connectivity index (χ2n) is 3.57. The second kappa shape index (κ2) is 2.83. The molecule has 0 radical (unpaired) electrons. The molecule has 1 aliphatic heterocycles. The maximum Gasteiger partial charge on any atom is 0.0709 e. The predicted molar refractivity (Wildman–Crippen MR) is 40.8 cm³/mol. The van der Waals surface area contributed by atoms with Crippen molar-refractivity contribution in [2.45, 2.75) is 44.3 Å². The first-order valence-electron chi connectivity index (χ1n) is 4.42. The van der Waals surface area contributed by atoms with Gasteiger partial charge < -0.3 is 4.74 Å². The Morgan fingerprint density at radius 1 is 1.27 bits per heavy atom. The van der Waals surface area contributed by atoms with Gasteiger partial charge in [0.15, 0.2) is 0 Å². The van der Waals surface area contributed by atoms with Crippen molar-refractivity contribution in [3.8, 4) is 6.07 Å². The van der Waals surface area contributed by atoms with Gasteiger partial charge in [0.25, 0.3) is 0 Å². The van der Waals surface area contributed by atoms with Crippen molar-refractivity contribution >= 4 is 0 Å². The number of nitriles is 1. The van der Waals surface area contributed by atoms with E-state index in [1.807, 2.05) is 0 Å². The summed E-state index contributed by atoms with van der Waals surface area (Å²) in [5, 5.41) is 8.44. The molecule has 0 amide bonds. The summed E-state index contributed by atoms with van der Waals surface area (Å²) in [7, 11) is 0. The Balaban J connectivity index is 1.79. The van der Waals surface area contributed by atoms with Crippen LogP contribution in [0.1, 0.15) is 32.1 Å². The summed E-state index contributed by atoms with van der Waals surface area (Å²) in [4.78, 5) is 0. The van der Waals surface area contributed by atoms with E-state index in [1.165, 1.54) is 19.3 Å². The third kappa shape index (κ3) is 1.54. The molecule has 2 unspecified atom stereocenters. The van der Waals surface area contributed by atoms with E-state index in [9.17, 15) is 0 Å². The zero-order valence-electron chi connectivity index (χ0n) is 6.62. The molecule has 2 aliphatic rings. The van der Waals surface area contributed by atoms with Gasteiger partial charge in [-0.25, -0.2) is 0 Å². The normalized spacial score (nSPS) is 37.0. The van der Waals surface area contributed by atoms with Gasteiger partial charge in [-0.3, -0.25) is 0 Å². The van der Waals surface area contributed by atoms with Gasteiger partial charge in [-0.2, -0.15) is 5.26 Å². The summed E-state index contributed by atoms with van der Waals surface area (Å²) in [6.45, 7) is 0. The van der Waals surface area contributed by atoms with Gasteiger partial charge in [0, 0.05) is 0 Å². The van der Waals surface area contributed by atoms with Crippen LogP contribution in [-0.4, -0.2) is 12.2 Å². The molecule has 0 aromatic rings. The molecule has 11 heavy (non-hydrogen) atoms. The number of ether oxygens (including phenoxy) is 1. The lowest BCUT2D eigenvalue weighted by atomic mass is 10.1. The van der Waals surface area contributed by atoms with Crippen LogP contribution in [0.3, 0.4) is 0 Å². The Morgan fingerprint density at radius 2 is 2.09 bits per heavy atom. The Kier molecular flexibility index (Phi) is 1.83. The average Bonchev–Trinajstić information content (AvgIpc) is 2.75. The van der Waals surface area contributed by atoms with Crippen LogP contribution in [0.25, 0.3) is 0 Å². The molecule has 2 rings (SSSR count). The summed E-state index contributed by atoms with van der Waals surface area (Å²) in [6, 6.07) is 2.16. The van der Waals surface area contributed by atoms with Gasteiger partial charge in [0.1, 0.15) is 0 Å². The van der Waals surface area contributed by atoms with Crippen LogP contribution < -0.4 is 0 Å². The van der Waals surface area contributed by atoms with Gasteiger partial charge in [-0.05, 0) is 31.6 Å². The fraction of sp³-hybridized carbons (Fsp3) is 0.889. The average molecular weight is 151 g/mol. The highest BCUT2D eigenvalue weighted by Gasteiger charge is 2.37. The molecule has 60 valence electrons. The van der Waals surface area contributed by atoms with Gasteiger partial charge in [0.2, 0.25) is 0 Å². The van der Waals surface area contributed by atoms with Crippen molar-refractivity contribution in [1.82, 2.24) is 0 Å². The first-order chi connectivity index (χ1) is 5.40. The monoisotopic (exact) mass is 151 g/mol. The highest BCUT2D eigenvalue weighted by molar-refractivity contribution is 4.89. The van der Waals surface area contributed by atoms with Gasteiger partial charge in [-0.1, -0.05) is 0 Å². The third-order valence-corrected chi connectivity index (χ3v) is 2.61. The van der Waals surface area contributed by atoms with Crippen LogP contribution in [0, 0.1) is 17.2 Å². The van der Waals surface area contributed by atoms with Crippen LogP contribution >= 0.6 is 0 Å². The van der Waals surface area contributed by atoms with Gasteiger partial charge in [-0.15, -0.1) is 0 Å². The van der Waals surface area contributed by atoms with Gasteiger partial charge in [0.05, 0.1) is 24.7 Å². The lowest BCUT2D eigenvalue weighted by Crippen LogP contribution is -2.11. The van der Waals surface area contributed by atoms with E-state index in [0.29, 0.717) is 12.5 Å². The zero-order valence-corrected chi connectivity index (χ0v) is 6.62. The van der Waals surface area contributed by atoms with E-state index < -0.39 is 0 Å². The Bertz CT molecular complexity index is 180. The molecule has 2 nitrogen and oxygen atoms in total. The smallest absolute Gasteiger partial charge is 0.0709 e. The van der Waals surface area contributed by atoms with Crippen LogP contribution in [0.15, 0.2) is 0 Å². The van der Waals surface area contributed by atoms with Crippen molar-refractivity contribution < 1.29 is 4.74 Å². The molecule has 2 heteroatoms. The molecule has 1 saturated heterocycles. The van der Waals surface area contributed by atoms with E-state index in [1.54, 1.807) is 0 Å². The summed E-state index contributed by atoms with van der Waals surface area (Å²) < 4.78 is 5.70. The minimum Gasteiger partial charge on any atom is -0.374 e. The molecule has 0 spiro atoms. The largest absolute Gasteiger partial charge is 0.374 e. The molecular weight excluding hydrogens is 138 g/mol. The molecule has 2 fully saturated rings. The van der Waals surface area contributed by atoms with Crippen LogP contribution in [-0.2, 0) is 4.74 Å². The summed E-state index contributed by atoms with van der Waals surface area (Å²) >= 11 is 0. The van der Waals surface area contributed by atoms with E-state index in [0.717, 1.165) is 12.3 Å². The molecule has 1 saturated carbocycles. The van der Waals surface area contributed by atoms with E-state index in [-0.39, 0.29) is 6.10 Å². The summed E-state index contributed by atoms with van der Waals surface area (Å²) in [6.07, 6.45) is 6.35. The standard InChI is InChI=1S/C9H13NO/c10-6-5-8-3-4-9(11-8)7-1-2-7/h7-9H,1-5H2. The number of rotatable bonds is 2. The first kappa shape index (κ1) is 7.12. The molecule has 0 bridgehead atoms. The molecule has 0 aromatic carbocycles. The topological polar surface area (TPSA) is 33.0 Å². The fourth-order valence-corrected chi connectivity index (χ4v) is 1.80. The predicted octanol–water partition coefficient (Wildman–Crippen LogP) is 1.86. The Morgan fingerprint density at radius 3 is 2.73 bits per heavy atom. The Hall–Kier alpha value is -0.550. The molecule has 2 atom stereocenters. The molecule has 1 aliphatic carbocycles. The quantitative estimate of drug-likeness (QED) is 0.603. The minimum atomic E-state index is 0.255. The molecule has 0 N–H and O–H groups in total. The Labute approximate surface area is 67.2 Å². The van der Waals surface area contributed by atoms with Crippen LogP contribution in [0.4, 0.5) is 0 Å². The van der Waals surface area contributed by atoms with Crippen molar-refractivity contribution in [3.63, 3.8) is 0 Å². The van der Waals surface area contributed by atoms with Crippen molar-refractivity contribution in [3.05, 3.63) is 0 Å².